The highest BCUT2D eigenvalue weighted by atomic mass is 19.1. The first-order chi connectivity index (χ1) is 9.60. The van der Waals surface area contributed by atoms with Crippen LogP contribution < -0.4 is 0 Å². The normalized spacial score (nSPS) is 12.1. The molecule has 0 aromatic heterocycles. The Morgan fingerprint density at radius 1 is 1.10 bits per heavy atom. The average Bonchev–Trinajstić information content (AvgIpc) is 2.45. The number of aliphatic carboxylic acids is 1. The molecule has 0 amide bonds. The van der Waals surface area contributed by atoms with E-state index in [2.05, 4.69) is 0 Å². The van der Waals surface area contributed by atoms with Crippen LogP contribution in [0.25, 0.3) is 0 Å². The van der Waals surface area contributed by atoms with Crippen LogP contribution in [0.15, 0.2) is 48.5 Å². The van der Waals surface area contributed by atoms with Crippen LogP contribution >= 0.6 is 0 Å². The zero-order chi connectivity index (χ0) is 14.5. The van der Waals surface area contributed by atoms with Crippen LogP contribution in [0.3, 0.4) is 0 Å². The fraction of sp³-hybridized carbons (Fsp3) is 0.188. The molecule has 1 unspecified atom stereocenters. The first-order valence-corrected chi connectivity index (χ1v) is 6.27. The molecule has 4 heteroatoms. The van der Waals surface area contributed by atoms with Gasteiger partial charge in [0.05, 0.1) is 12.5 Å². The topological polar surface area (TPSA) is 57.5 Å². The van der Waals surface area contributed by atoms with Crippen molar-refractivity contribution in [1.29, 1.82) is 0 Å². The van der Waals surface area contributed by atoms with Crippen LogP contribution in [-0.4, -0.2) is 16.2 Å². The number of aliphatic hydroxyl groups is 1. The van der Waals surface area contributed by atoms with Crippen molar-refractivity contribution in [3.05, 3.63) is 71.0 Å². The number of halogens is 1. The van der Waals surface area contributed by atoms with Crippen molar-refractivity contribution in [3.8, 4) is 0 Å². The first-order valence-electron chi connectivity index (χ1n) is 6.27. The molecule has 2 rings (SSSR count). The summed E-state index contributed by atoms with van der Waals surface area (Å²) >= 11 is 0. The van der Waals surface area contributed by atoms with Crippen LogP contribution in [0.1, 0.15) is 22.6 Å². The summed E-state index contributed by atoms with van der Waals surface area (Å²) in [4.78, 5) is 11.4. The maximum atomic E-state index is 13.2. The van der Waals surface area contributed by atoms with Gasteiger partial charge in [0.25, 0.3) is 0 Å². The molecule has 104 valence electrons. The smallest absolute Gasteiger partial charge is 0.311 e. The summed E-state index contributed by atoms with van der Waals surface area (Å²) in [6.07, 6.45) is 0.282. The van der Waals surface area contributed by atoms with Gasteiger partial charge in [-0.3, -0.25) is 4.79 Å². The minimum absolute atomic E-state index is 0.0491. The third-order valence-corrected chi connectivity index (χ3v) is 3.19. The van der Waals surface area contributed by atoms with Crippen molar-refractivity contribution in [2.45, 2.75) is 18.9 Å². The SMILES string of the molecule is O=C(O)C(Cc1ccc(CO)cc1)c1cccc(F)c1. The number of hydrogen-bond donors (Lipinski definition) is 2. The number of benzene rings is 2. The largest absolute Gasteiger partial charge is 0.481 e. The first kappa shape index (κ1) is 14.2. The highest BCUT2D eigenvalue weighted by Gasteiger charge is 2.20. The molecule has 20 heavy (non-hydrogen) atoms. The fourth-order valence-electron chi connectivity index (χ4n) is 2.09. The quantitative estimate of drug-likeness (QED) is 0.881. The molecule has 1 atom stereocenters. The summed E-state index contributed by atoms with van der Waals surface area (Å²) in [5.41, 5.74) is 2.05. The Morgan fingerprint density at radius 3 is 2.30 bits per heavy atom. The van der Waals surface area contributed by atoms with E-state index in [1.54, 1.807) is 30.3 Å². The van der Waals surface area contributed by atoms with Gasteiger partial charge in [0.15, 0.2) is 0 Å². The number of aliphatic hydroxyl groups excluding tert-OH is 1. The highest BCUT2D eigenvalue weighted by molar-refractivity contribution is 5.76. The standard InChI is InChI=1S/C16H15FO3/c17-14-3-1-2-13(9-14)15(16(19)20)8-11-4-6-12(10-18)7-5-11/h1-7,9,15,18H,8,10H2,(H,19,20). The molecule has 0 bridgehead atoms. The van der Waals surface area contributed by atoms with E-state index in [9.17, 15) is 14.3 Å². The molecular formula is C16H15FO3. The third kappa shape index (κ3) is 3.42. The lowest BCUT2D eigenvalue weighted by molar-refractivity contribution is -0.138. The van der Waals surface area contributed by atoms with Crippen LogP contribution in [0.5, 0.6) is 0 Å². The summed E-state index contributed by atoms with van der Waals surface area (Å²) in [6.45, 7) is -0.0491. The molecule has 0 aliphatic heterocycles. The number of hydrogen-bond acceptors (Lipinski definition) is 2. The van der Waals surface area contributed by atoms with Gasteiger partial charge in [-0.2, -0.15) is 0 Å². The van der Waals surface area contributed by atoms with E-state index in [0.29, 0.717) is 5.56 Å². The summed E-state index contributed by atoms with van der Waals surface area (Å²) in [7, 11) is 0. The predicted octanol–water partition coefficient (Wildman–Crippen LogP) is 2.73. The average molecular weight is 274 g/mol. The molecule has 2 N–H and O–H groups in total. The monoisotopic (exact) mass is 274 g/mol. The highest BCUT2D eigenvalue weighted by Crippen LogP contribution is 2.22. The van der Waals surface area contributed by atoms with Crippen LogP contribution in [-0.2, 0) is 17.8 Å². The fourth-order valence-corrected chi connectivity index (χ4v) is 2.09. The zero-order valence-corrected chi connectivity index (χ0v) is 10.8. The predicted molar refractivity (Wildman–Crippen MR) is 72.8 cm³/mol. The molecule has 2 aromatic rings. The molecule has 0 saturated carbocycles. The second-order valence-corrected chi connectivity index (χ2v) is 4.62. The van der Waals surface area contributed by atoms with Gasteiger partial charge >= 0.3 is 5.97 Å². The third-order valence-electron chi connectivity index (χ3n) is 3.19. The van der Waals surface area contributed by atoms with E-state index in [1.807, 2.05) is 0 Å². The van der Waals surface area contributed by atoms with Gasteiger partial charge < -0.3 is 10.2 Å². The Kier molecular flexibility index (Phi) is 4.48. The molecular weight excluding hydrogens is 259 g/mol. The van der Waals surface area contributed by atoms with Crippen molar-refractivity contribution in [2.24, 2.45) is 0 Å². The lowest BCUT2D eigenvalue weighted by Crippen LogP contribution is -2.14. The molecule has 0 saturated heterocycles. The molecule has 0 aliphatic carbocycles. The lowest BCUT2D eigenvalue weighted by atomic mass is 9.92. The number of carboxylic acids is 1. The second kappa shape index (κ2) is 6.30. The van der Waals surface area contributed by atoms with Crippen molar-refractivity contribution in [2.75, 3.05) is 0 Å². The summed E-state index contributed by atoms with van der Waals surface area (Å²) in [6, 6.07) is 12.7. The van der Waals surface area contributed by atoms with Crippen molar-refractivity contribution < 1.29 is 19.4 Å². The minimum Gasteiger partial charge on any atom is -0.481 e. The second-order valence-electron chi connectivity index (χ2n) is 4.62. The van der Waals surface area contributed by atoms with Crippen molar-refractivity contribution >= 4 is 5.97 Å². The summed E-state index contributed by atoms with van der Waals surface area (Å²) in [5, 5.41) is 18.3. The molecule has 0 spiro atoms. The van der Waals surface area contributed by atoms with Crippen LogP contribution in [0, 0.1) is 5.82 Å². The Bertz CT molecular complexity index is 593. The van der Waals surface area contributed by atoms with Crippen molar-refractivity contribution in [3.63, 3.8) is 0 Å². The maximum absolute atomic E-state index is 13.2. The van der Waals surface area contributed by atoms with Gasteiger partial charge in [-0.05, 0) is 35.2 Å². The van der Waals surface area contributed by atoms with E-state index in [-0.39, 0.29) is 13.0 Å². The molecule has 0 radical (unpaired) electrons. The zero-order valence-electron chi connectivity index (χ0n) is 10.8. The Hall–Kier alpha value is -2.20. The lowest BCUT2D eigenvalue weighted by Gasteiger charge is -2.13. The Morgan fingerprint density at radius 2 is 1.75 bits per heavy atom. The van der Waals surface area contributed by atoms with E-state index in [0.717, 1.165) is 11.1 Å². The molecule has 0 aliphatic rings. The van der Waals surface area contributed by atoms with Gasteiger partial charge in [0, 0.05) is 0 Å². The molecule has 2 aromatic carbocycles. The van der Waals surface area contributed by atoms with E-state index in [4.69, 9.17) is 5.11 Å². The van der Waals surface area contributed by atoms with Crippen LogP contribution in [0.4, 0.5) is 4.39 Å². The van der Waals surface area contributed by atoms with Crippen LogP contribution in [0.2, 0.25) is 0 Å². The summed E-state index contributed by atoms with van der Waals surface area (Å²) in [5.74, 6) is -2.21. The van der Waals surface area contributed by atoms with Gasteiger partial charge in [0.1, 0.15) is 5.82 Å². The van der Waals surface area contributed by atoms with Gasteiger partial charge in [-0.25, -0.2) is 4.39 Å². The Labute approximate surface area is 116 Å². The van der Waals surface area contributed by atoms with Crippen molar-refractivity contribution in [1.82, 2.24) is 0 Å². The van der Waals surface area contributed by atoms with Gasteiger partial charge in [-0.1, -0.05) is 36.4 Å². The van der Waals surface area contributed by atoms with E-state index in [1.165, 1.54) is 18.2 Å². The molecule has 0 heterocycles. The van der Waals surface area contributed by atoms with E-state index < -0.39 is 17.7 Å². The molecule has 3 nitrogen and oxygen atoms in total. The Balaban J connectivity index is 2.23. The summed E-state index contributed by atoms with van der Waals surface area (Å²) < 4.78 is 13.2. The van der Waals surface area contributed by atoms with Gasteiger partial charge in [0.2, 0.25) is 0 Å². The minimum atomic E-state index is -0.984. The maximum Gasteiger partial charge on any atom is 0.311 e. The molecule has 0 fully saturated rings. The number of carboxylic acid groups (broad SMARTS) is 1. The number of rotatable bonds is 5. The number of carbonyl (C=O) groups is 1. The van der Waals surface area contributed by atoms with Gasteiger partial charge in [-0.15, -0.1) is 0 Å². The van der Waals surface area contributed by atoms with E-state index >= 15 is 0 Å².